The van der Waals surface area contributed by atoms with Crippen molar-refractivity contribution in [3.8, 4) is 22.3 Å². The Kier molecular flexibility index (Phi) is 6.91. The Labute approximate surface area is 217 Å². The minimum Gasteiger partial charge on any atom is -0.0894 e. The quantitative estimate of drug-likeness (QED) is 0.153. The van der Waals surface area contributed by atoms with E-state index in [-0.39, 0.29) is 0 Å². The molecular weight excluding hydrogens is 470 g/mol. The molecule has 2 unspecified atom stereocenters. The van der Waals surface area contributed by atoms with E-state index >= 15 is 0 Å². The second-order valence-corrected chi connectivity index (χ2v) is 11.8. The zero-order valence-electron chi connectivity index (χ0n) is 20.1. The number of fused-ring (bicyclic) bond motifs is 2. The van der Waals surface area contributed by atoms with Crippen molar-refractivity contribution >= 4 is 49.3 Å². The number of benzene rings is 6. The molecule has 2 atom stereocenters. The molecule has 2 heteroatoms. The molecule has 6 aromatic rings. The Morgan fingerprint density at radius 1 is 0.333 bits per heavy atom. The Bertz CT molecular complexity index is 1520. The van der Waals surface area contributed by atoms with Gasteiger partial charge in [0.25, 0.3) is 0 Å². The van der Waals surface area contributed by atoms with Crippen LogP contribution < -0.4 is 10.6 Å². The summed E-state index contributed by atoms with van der Waals surface area (Å²) in [4.78, 5) is 0. The average molecular weight is 499 g/mol. The molecule has 0 aliphatic carbocycles. The maximum absolute atomic E-state index is 2.32. The molecule has 36 heavy (non-hydrogen) atoms. The van der Waals surface area contributed by atoms with Crippen LogP contribution >= 0.6 is 17.2 Å². The van der Waals surface area contributed by atoms with Gasteiger partial charge in [0.1, 0.15) is 0 Å². The van der Waals surface area contributed by atoms with Crippen LogP contribution in [0.15, 0.2) is 133 Å². The zero-order chi connectivity index (χ0) is 24.2. The van der Waals surface area contributed by atoms with Gasteiger partial charge in [-0.2, -0.15) is 0 Å². The first-order valence-corrected chi connectivity index (χ1v) is 14.9. The Morgan fingerprint density at radius 2 is 0.694 bits per heavy atom. The molecule has 0 saturated carbocycles. The fraction of sp³-hybridized carbons (Fsp3) is 0.0588. The molecule has 0 bridgehead atoms. The van der Waals surface area contributed by atoms with Crippen molar-refractivity contribution in [2.75, 3.05) is 12.3 Å². The van der Waals surface area contributed by atoms with E-state index in [9.17, 15) is 0 Å². The second kappa shape index (κ2) is 10.8. The largest absolute Gasteiger partial charge is 0.0894 e. The van der Waals surface area contributed by atoms with E-state index in [1.165, 1.54) is 66.7 Å². The lowest BCUT2D eigenvalue weighted by atomic mass is 9.98. The smallest absolute Gasteiger partial charge is 0.00991 e. The van der Waals surface area contributed by atoms with E-state index in [0.29, 0.717) is 0 Å². The van der Waals surface area contributed by atoms with Gasteiger partial charge in [-0.3, -0.25) is 0 Å². The lowest BCUT2D eigenvalue weighted by Gasteiger charge is -2.14. The van der Waals surface area contributed by atoms with Crippen molar-refractivity contribution in [2.24, 2.45) is 0 Å². The molecule has 0 spiro atoms. The van der Waals surface area contributed by atoms with Crippen LogP contribution in [-0.2, 0) is 0 Å². The van der Waals surface area contributed by atoms with Gasteiger partial charge in [0.2, 0.25) is 0 Å². The molecule has 0 radical (unpaired) electrons. The number of rotatable bonds is 7. The van der Waals surface area contributed by atoms with Crippen LogP contribution in [0.1, 0.15) is 0 Å². The molecule has 0 aliphatic heterocycles. The van der Waals surface area contributed by atoms with Crippen LogP contribution in [0.3, 0.4) is 0 Å². The molecule has 0 nitrogen and oxygen atoms in total. The average Bonchev–Trinajstić information content (AvgIpc) is 2.95. The van der Waals surface area contributed by atoms with E-state index in [2.05, 4.69) is 133 Å². The maximum atomic E-state index is 2.32. The van der Waals surface area contributed by atoms with Gasteiger partial charge in [-0.25, -0.2) is 0 Å². The van der Waals surface area contributed by atoms with Gasteiger partial charge in [-0.1, -0.05) is 151 Å². The van der Waals surface area contributed by atoms with E-state index in [1.807, 2.05) is 0 Å². The molecule has 0 heterocycles. The minimum absolute atomic E-state index is 0.806. The summed E-state index contributed by atoms with van der Waals surface area (Å²) in [5.41, 5.74) is 5.46. The fourth-order valence-corrected chi connectivity index (χ4v) is 7.84. The molecule has 0 aromatic heterocycles. The molecular formula is C34H28P2. The third-order valence-electron chi connectivity index (χ3n) is 6.77. The highest BCUT2D eigenvalue weighted by molar-refractivity contribution is 7.51. The van der Waals surface area contributed by atoms with Crippen LogP contribution in [0.25, 0.3) is 43.8 Å². The third kappa shape index (κ3) is 4.73. The summed E-state index contributed by atoms with van der Waals surface area (Å²) in [6.45, 7) is 0. The molecule has 0 amide bonds. The second-order valence-electron chi connectivity index (χ2n) is 9.00. The predicted molar refractivity (Wildman–Crippen MR) is 164 cm³/mol. The van der Waals surface area contributed by atoms with Gasteiger partial charge in [0.15, 0.2) is 0 Å². The molecule has 0 saturated heterocycles. The maximum Gasteiger partial charge on any atom is -0.00991 e. The van der Waals surface area contributed by atoms with Crippen molar-refractivity contribution in [3.05, 3.63) is 133 Å². The first kappa shape index (κ1) is 23.1. The van der Waals surface area contributed by atoms with Crippen LogP contribution in [-0.4, -0.2) is 12.3 Å². The fourth-order valence-electron chi connectivity index (χ4n) is 5.06. The first-order chi connectivity index (χ1) is 17.9. The summed E-state index contributed by atoms with van der Waals surface area (Å²) in [7, 11) is 1.61. The van der Waals surface area contributed by atoms with Crippen molar-refractivity contribution in [3.63, 3.8) is 0 Å². The van der Waals surface area contributed by atoms with Gasteiger partial charge in [0.05, 0.1) is 0 Å². The Balaban J connectivity index is 1.21. The van der Waals surface area contributed by atoms with Crippen LogP contribution in [0.2, 0.25) is 0 Å². The van der Waals surface area contributed by atoms with Crippen LogP contribution in [0.5, 0.6) is 0 Å². The van der Waals surface area contributed by atoms with Gasteiger partial charge >= 0.3 is 0 Å². The van der Waals surface area contributed by atoms with E-state index in [4.69, 9.17) is 0 Å². The van der Waals surface area contributed by atoms with Crippen molar-refractivity contribution in [1.82, 2.24) is 0 Å². The van der Waals surface area contributed by atoms with E-state index < -0.39 is 0 Å². The minimum atomic E-state index is 0.806. The lowest BCUT2D eigenvalue weighted by molar-refractivity contribution is 1.54. The molecule has 6 aromatic carbocycles. The standard InChI is InChI=1S/C34H28P2/c1-3-15-27-25(11-1)13-9-19-29(27)31-17-5-7-21-33(31)35-23-24-36-34-22-8-6-18-32(34)30-20-10-14-26-12-2-4-16-28(26)30/h1-22,35-36H,23-24H2. The van der Waals surface area contributed by atoms with Crippen LogP contribution in [0, 0.1) is 0 Å². The Morgan fingerprint density at radius 3 is 1.19 bits per heavy atom. The summed E-state index contributed by atoms with van der Waals surface area (Å²) in [5.74, 6) is 0. The topological polar surface area (TPSA) is 0 Å². The van der Waals surface area contributed by atoms with Gasteiger partial charge in [-0.15, -0.1) is 0 Å². The number of hydrogen-bond donors (Lipinski definition) is 0. The SMILES string of the molecule is c1ccc(-c2cccc3ccccc23)c(PCCPc2ccccc2-c2cccc3ccccc23)c1. The van der Waals surface area contributed by atoms with E-state index in [0.717, 1.165) is 17.2 Å². The highest BCUT2D eigenvalue weighted by Crippen LogP contribution is 2.33. The Hall–Kier alpha value is -3.30. The first-order valence-electron chi connectivity index (χ1n) is 12.5. The summed E-state index contributed by atoms with van der Waals surface area (Å²) >= 11 is 0. The summed E-state index contributed by atoms with van der Waals surface area (Å²) in [6, 6.07) is 48.7. The normalized spacial score (nSPS) is 11.9. The molecule has 0 fully saturated rings. The number of hydrogen-bond acceptors (Lipinski definition) is 0. The van der Waals surface area contributed by atoms with Crippen LogP contribution in [0.4, 0.5) is 0 Å². The zero-order valence-corrected chi connectivity index (χ0v) is 22.1. The molecule has 6 rings (SSSR count). The van der Waals surface area contributed by atoms with Gasteiger partial charge < -0.3 is 0 Å². The predicted octanol–water partition coefficient (Wildman–Crippen LogP) is 8.63. The van der Waals surface area contributed by atoms with Crippen molar-refractivity contribution in [1.29, 1.82) is 0 Å². The van der Waals surface area contributed by atoms with Gasteiger partial charge in [0, 0.05) is 0 Å². The summed E-state index contributed by atoms with van der Waals surface area (Å²) < 4.78 is 0. The molecule has 0 aliphatic rings. The lowest BCUT2D eigenvalue weighted by Crippen LogP contribution is -2.04. The summed E-state index contributed by atoms with van der Waals surface area (Å²) in [5, 5.41) is 8.23. The van der Waals surface area contributed by atoms with Crippen molar-refractivity contribution in [2.45, 2.75) is 0 Å². The highest BCUT2D eigenvalue weighted by Gasteiger charge is 2.10. The van der Waals surface area contributed by atoms with Crippen molar-refractivity contribution < 1.29 is 0 Å². The monoisotopic (exact) mass is 498 g/mol. The van der Waals surface area contributed by atoms with E-state index in [1.54, 1.807) is 0 Å². The summed E-state index contributed by atoms with van der Waals surface area (Å²) in [6.07, 6.45) is 2.42. The molecule has 0 N–H and O–H groups in total. The van der Waals surface area contributed by atoms with Gasteiger partial charge in [-0.05, 0) is 66.7 Å². The molecule has 174 valence electrons. The highest BCUT2D eigenvalue weighted by atomic mass is 31.1. The third-order valence-corrected chi connectivity index (χ3v) is 9.90.